The van der Waals surface area contributed by atoms with Gasteiger partial charge in [0.25, 0.3) is 0 Å². The molecule has 0 spiro atoms. The number of rotatable bonds is 6. The minimum absolute atomic E-state index is 0.0255. The molecule has 2 aromatic carbocycles. The topological polar surface area (TPSA) is 62.5 Å². The number of benzene rings is 2. The summed E-state index contributed by atoms with van der Waals surface area (Å²) in [5, 5.41) is 11.8. The second-order valence-corrected chi connectivity index (χ2v) is 9.11. The van der Waals surface area contributed by atoms with Crippen molar-refractivity contribution in [2.75, 3.05) is 25.0 Å². The van der Waals surface area contributed by atoms with Crippen LogP contribution in [0.1, 0.15) is 24.6 Å². The van der Waals surface area contributed by atoms with Crippen LogP contribution in [0.4, 0.5) is 5.69 Å². The molecule has 3 heterocycles. The van der Waals surface area contributed by atoms with Gasteiger partial charge in [0, 0.05) is 21.9 Å². The number of hydrogen-bond acceptors (Lipinski definition) is 5. The first-order valence-electron chi connectivity index (χ1n) is 10.9. The number of hydrogen-bond donors (Lipinski definition) is 1. The number of nitrogens with one attached hydrogen (secondary N) is 1. The molecule has 1 fully saturated rings. The monoisotopic (exact) mass is 443 g/mol. The van der Waals surface area contributed by atoms with Crippen molar-refractivity contribution < 1.29 is 4.79 Å². The van der Waals surface area contributed by atoms with Crippen LogP contribution in [-0.4, -0.2) is 45.0 Å². The van der Waals surface area contributed by atoms with E-state index in [0.717, 1.165) is 52.9 Å². The number of fused-ring (bicyclic) bond motifs is 1. The maximum atomic E-state index is 12.8. The number of nitrogens with zero attached hydrogens (tertiary/aromatic N) is 4. The van der Waals surface area contributed by atoms with Crippen LogP contribution in [0.15, 0.2) is 88.8 Å². The summed E-state index contributed by atoms with van der Waals surface area (Å²) in [5.74, 6) is 1.42. The van der Waals surface area contributed by atoms with Gasteiger partial charge in [-0.2, -0.15) is 0 Å². The van der Waals surface area contributed by atoms with Gasteiger partial charge >= 0.3 is 0 Å². The molecule has 162 valence electrons. The van der Waals surface area contributed by atoms with Crippen LogP contribution in [0.25, 0.3) is 5.65 Å². The Morgan fingerprint density at radius 3 is 2.53 bits per heavy atom. The zero-order valence-electron chi connectivity index (χ0n) is 17.7. The third-order valence-corrected chi connectivity index (χ3v) is 6.88. The Labute approximate surface area is 191 Å². The molecule has 0 bridgehead atoms. The van der Waals surface area contributed by atoms with Crippen molar-refractivity contribution in [3.8, 4) is 0 Å². The van der Waals surface area contributed by atoms with Crippen LogP contribution < -0.4 is 5.32 Å². The van der Waals surface area contributed by atoms with Crippen molar-refractivity contribution in [1.29, 1.82) is 0 Å². The zero-order valence-corrected chi connectivity index (χ0v) is 18.5. The minimum atomic E-state index is 0.0255. The number of carbonyl (C=O) groups excluding carboxylic acids is 1. The van der Waals surface area contributed by atoms with E-state index in [0.29, 0.717) is 12.5 Å². The highest BCUT2D eigenvalue weighted by Gasteiger charge is 2.25. The second kappa shape index (κ2) is 9.54. The minimum Gasteiger partial charge on any atom is -0.324 e. The van der Waals surface area contributed by atoms with Crippen LogP contribution in [0, 0.1) is 0 Å². The van der Waals surface area contributed by atoms with E-state index in [1.807, 2.05) is 66.9 Å². The van der Waals surface area contributed by atoms with Gasteiger partial charge in [0.2, 0.25) is 5.91 Å². The number of aromatic nitrogens is 3. The van der Waals surface area contributed by atoms with Crippen molar-refractivity contribution >= 4 is 29.0 Å². The number of pyridine rings is 1. The molecule has 0 atom stereocenters. The molecule has 6 nitrogen and oxygen atoms in total. The summed E-state index contributed by atoms with van der Waals surface area (Å²) in [4.78, 5) is 17.2. The SMILES string of the molecule is O=C(CN1CCC(c2nnc3ccccn23)CC1)Nc1ccccc1Sc1ccccc1. The normalized spacial score (nSPS) is 15.1. The van der Waals surface area contributed by atoms with Crippen molar-refractivity contribution in [1.82, 2.24) is 19.5 Å². The van der Waals surface area contributed by atoms with Gasteiger partial charge in [-0.05, 0) is 62.3 Å². The van der Waals surface area contributed by atoms with Gasteiger partial charge in [-0.15, -0.1) is 10.2 Å². The Hall–Kier alpha value is -3.16. The highest BCUT2D eigenvalue weighted by Crippen LogP contribution is 2.33. The van der Waals surface area contributed by atoms with Gasteiger partial charge in [0.15, 0.2) is 5.65 Å². The molecular formula is C25H25N5OS. The van der Waals surface area contributed by atoms with Crippen LogP contribution in [0.2, 0.25) is 0 Å². The average molecular weight is 444 g/mol. The molecule has 1 aliphatic rings. The molecule has 0 unspecified atom stereocenters. The zero-order chi connectivity index (χ0) is 21.8. The van der Waals surface area contributed by atoms with Gasteiger partial charge in [0.1, 0.15) is 5.82 Å². The van der Waals surface area contributed by atoms with Gasteiger partial charge < -0.3 is 5.32 Å². The predicted molar refractivity (Wildman–Crippen MR) is 127 cm³/mol. The fourth-order valence-corrected chi connectivity index (χ4v) is 5.08. The number of carbonyl (C=O) groups is 1. The summed E-state index contributed by atoms with van der Waals surface area (Å²) in [6.07, 6.45) is 3.97. The summed E-state index contributed by atoms with van der Waals surface area (Å²) >= 11 is 1.66. The molecule has 4 aromatic rings. The van der Waals surface area contributed by atoms with Crippen LogP contribution >= 0.6 is 11.8 Å². The van der Waals surface area contributed by atoms with Crippen LogP contribution in [0.3, 0.4) is 0 Å². The summed E-state index contributed by atoms with van der Waals surface area (Å²) in [7, 11) is 0. The largest absolute Gasteiger partial charge is 0.324 e. The van der Waals surface area contributed by atoms with E-state index < -0.39 is 0 Å². The van der Waals surface area contributed by atoms with Crippen LogP contribution in [0.5, 0.6) is 0 Å². The summed E-state index contributed by atoms with van der Waals surface area (Å²) in [6, 6.07) is 24.1. The van der Waals surface area contributed by atoms with E-state index in [9.17, 15) is 4.79 Å². The summed E-state index contributed by atoms with van der Waals surface area (Å²) in [5.41, 5.74) is 1.74. The molecule has 32 heavy (non-hydrogen) atoms. The predicted octanol–water partition coefficient (Wildman–Crippen LogP) is 4.70. The van der Waals surface area contributed by atoms with Gasteiger partial charge in [-0.1, -0.05) is 48.2 Å². The highest BCUT2D eigenvalue weighted by molar-refractivity contribution is 7.99. The third kappa shape index (κ3) is 4.69. The molecular weight excluding hydrogens is 418 g/mol. The number of anilines is 1. The number of piperidine rings is 1. The van der Waals surface area contributed by atoms with Crippen LogP contribution in [-0.2, 0) is 4.79 Å². The van der Waals surface area contributed by atoms with Gasteiger partial charge in [0.05, 0.1) is 12.2 Å². The first-order valence-corrected chi connectivity index (χ1v) is 11.7. The van der Waals surface area contributed by atoms with E-state index >= 15 is 0 Å². The fraction of sp³-hybridized carbons (Fsp3) is 0.240. The lowest BCUT2D eigenvalue weighted by Gasteiger charge is -2.30. The van der Waals surface area contributed by atoms with Gasteiger partial charge in [-0.25, -0.2) is 0 Å². The Morgan fingerprint density at radius 1 is 0.938 bits per heavy atom. The Kier molecular flexibility index (Phi) is 6.18. The molecule has 2 aromatic heterocycles. The maximum absolute atomic E-state index is 12.8. The molecule has 1 N–H and O–H groups in total. The first-order chi connectivity index (χ1) is 15.8. The highest BCUT2D eigenvalue weighted by atomic mass is 32.2. The van der Waals surface area contributed by atoms with Crippen molar-refractivity contribution in [3.05, 3.63) is 84.8 Å². The van der Waals surface area contributed by atoms with Crippen molar-refractivity contribution in [2.45, 2.75) is 28.6 Å². The van der Waals surface area contributed by atoms with Crippen molar-refractivity contribution in [3.63, 3.8) is 0 Å². The van der Waals surface area contributed by atoms with E-state index in [2.05, 4.69) is 36.9 Å². The molecule has 1 aliphatic heterocycles. The first kappa shape index (κ1) is 20.7. The molecule has 1 amide bonds. The molecule has 0 saturated carbocycles. The number of likely N-dealkylation sites (tertiary alicyclic amines) is 1. The number of para-hydroxylation sites is 1. The van der Waals surface area contributed by atoms with E-state index in [4.69, 9.17) is 0 Å². The second-order valence-electron chi connectivity index (χ2n) is 8.00. The fourth-order valence-electron chi connectivity index (χ4n) is 4.15. The lowest BCUT2D eigenvalue weighted by atomic mass is 9.96. The lowest BCUT2D eigenvalue weighted by Crippen LogP contribution is -2.39. The van der Waals surface area contributed by atoms with E-state index in [1.54, 1.807) is 11.8 Å². The summed E-state index contributed by atoms with van der Waals surface area (Å²) in [6.45, 7) is 2.15. The Bertz CT molecular complexity index is 1200. The molecule has 0 aliphatic carbocycles. The standard InChI is InChI=1S/C25H25N5OS/c31-24(26-21-10-4-5-11-22(21)32-20-8-2-1-3-9-20)18-29-16-13-19(14-17-29)25-28-27-23-12-6-7-15-30(23)25/h1-12,15,19H,13-14,16-18H2,(H,26,31). The maximum Gasteiger partial charge on any atom is 0.238 e. The molecule has 1 saturated heterocycles. The number of amides is 1. The smallest absolute Gasteiger partial charge is 0.238 e. The van der Waals surface area contributed by atoms with Gasteiger partial charge in [-0.3, -0.25) is 14.1 Å². The summed E-state index contributed by atoms with van der Waals surface area (Å²) < 4.78 is 2.08. The lowest BCUT2D eigenvalue weighted by molar-refractivity contribution is -0.117. The van der Waals surface area contributed by atoms with E-state index in [1.165, 1.54) is 0 Å². The van der Waals surface area contributed by atoms with E-state index in [-0.39, 0.29) is 5.91 Å². The quantitative estimate of drug-likeness (QED) is 0.468. The third-order valence-electron chi connectivity index (χ3n) is 5.79. The molecule has 0 radical (unpaired) electrons. The Morgan fingerprint density at radius 2 is 1.69 bits per heavy atom. The molecule has 7 heteroatoms. The molecule has 5 rings (SSSR count). The Balaban J connectivity index is 1.17. The van der Waals surface area contributed by atoms with Crippen molar-refractivity contribution in [2.24, 2.45) is 0 Å². The average Bonchev–Trinajstić information content (AvgIpc) is 3.26.